The van der Waals surface area contributed by atoms with Crippen LogP contribution in [-0.4, -0.2) is 53.8 Å². The minimum atomic E-state index is -4.49. The number of amides is 2. The minimum absolute atomic E-state index is 0.260. The van der Waals surface area contributed by atoms with Gasteiger partial charge in [0.2, 0.25) is 12.0 Å². The summed E-state index contributed by atoms with van der Waals surface area (Å²) in [5.74, 6) is -1.22. The zero-order valence-corrected chi connectivity index (χ0v) is 13.8. The van der Waals surface area contributed by atoms with Crippen LogP contribution in [0.25, 0.3) is 0 Å². The van der Waals surface area contributed by atoms with Crippen LogP contribution in [0, 0.1) is 0 Å². The van der Waals surface area contributed by atoms with Crippen molar-refractivity contribution in [3.05, 3.63) is 35.9 Å². The molecule has 1 aromatic rings. The molecule has 26 heavy (non-hydrogen) atoms. The lowest BCUT2D eigenvalue weighted by molar-refractivity contribution is -0.149. The molecule has 9 heteroatoms. The largest absolute Gasteiger partial charge is 0.405 e. The number of likely N-dealkylation sites (tertiary alicyclic amines) is 1. The maximum Gasteiger partial charge on any atom is 0.405 e. The van der Waals surface area contributed by atoms with E-state index in [-0.39, 0.29) is 6.42 Å². The van der Waals surface area contributed by atoms with Gasteiger partial charge >= 0.3 is 6.18 Å². The third-order valence-electron chi connectivity index (χ3n) is 4.35. The predicted octanol–water partition coefficient (Wildman–Crippen LogP) is 1.85. The number of benzene rings is 1. The van der Waals surface area contributed by atoms with Gasteiger partial charge in [0.25, 0.3) is 5.91 Å². The van der Waals surface area contributed by atoms with Gasteiger partial charge in [-0.2, -0.15) is 13.2 Å². The maximum absolute atomic E-state index is 12.7. The van der Waals surface area contributed by atoms with Gasteiger partial charge in [-0.25, -0.2) is 0 Å². The smallest absolute Gasteiger partial charge is 0.382 e. The number of nitrogens with one attached hydrogen (secondary N) is 1. The number of hydrogen-bond acceptors (Lipinski definition) is 4. The van der Waals surface area contributed by atoms with Crippen molar-refractivity contribution in [2.24, 2.45) is 5.16 Å². The second kappa shape index (κ2) is 7.35. The Morgan fingerprint density at radius 2 is 2.00 bits per heavy atom. The second-order valence-electron chi connectivity index (χ2n) is 6.22. The standard InChI is InChI=1S/C17H18F3N3O3/c18-17(19,20)10-21-15(24)13-7-4-8-23(13)16(25)14-9-12(22-26-14)11-5-2-1-3-6-11/h1-3,5-6,13-14H,4,7-10H2,(H,21,24). The van der Waals surface area contributed by atoms with Gasteiger partial charge in [0.15, 0.2) is 0 Å². The first kappa shape index (κ1) is 18.2. The van der Waals surface area contributed by atoms with E-state index in [0.29, 0.717) is 25.1 Å². The van der Waals surface area contributed by atoms with Crippen LogP contribution in [0.5, 0.6) is 0 Å². The van der Waals surface area contributed by atoms with Gasteiger partial charge in [0.1, 0.15) is 12.6 Å². The number of carbonyl (C=O) groups excluding carboxylic acids is 2. The van der Waals surface area contributed by atoms with E-state index >= 15 is 0 Å². The van der Waals surface area contributed by atoms with Gasteiger partial charge in [-0.3, -0.25) is 9.59 Å². The third kappa shape index (κ3) is 4.14. The summed E-state index contributed by atoms with van der Waals surface area (Å²) in [6, 6.07) is 8.32. The van der Waals surface area contributed by atoms with Gasteiger partial charge < -0.3 is 15.1 Å². The fourth-order valence-electron chi connectivity index (χ4n) is 3.10. The van der Waals surface area contributed by atoms with Crippen molar-refractivity contribution in [2.45, 2.75) is 37.6 Å². The van der Waals surface area contributed by atoms with Gasteiger partial charge in [0.05, 0.1) is 5.71 Å². The number of oxime groups is 1. The molecule has 2 atom stereocenters. The Hall–Kier alpha value is -2.58. The van der Waals surface area contributed by atoms with Gasteiger partial charge in [-0.1, -0.05) is 35.5 Å². The summed E-state index contributed by atoms with van der Waals surface area (Å²) in [6.45, 7) is -1.10. The molecule has 1 N–H and O–H groups in total. The topological polar surface area (TPSA) is 71.0 Å². The van der Waals surface area contributed by atoms with Crippen molar-refractivity contribution >= 4 is 17.5 Å². The lowest BCUT2D eigenvalue weighted by Crippen LogP contribution is -2.50. The van der Waals surface area contributed by atoms with Gasteiger partial charge in [-0.15, -0.1) is 0 Å². The van der Waals surface area contributed by atoms with Crippen LogP contribution < -0.4 is 5.32 Å². The van der Waals surface area contributed by atoms with E-state index in [1.807, 2.05) is 35.6 Å². The first-order chi connectivity index (χ1) is 12.3. The monoisotopic (exact) mass is 369 g/mol. The molecule has 2 unspecified atom stereocenters. The molecule has 0 spiro atoms. The third-order valence-corrected chi connectivity index (χ3v) is 4.35. The predicted molar refractivity (Wildman–Crippen MR) is 86.3 cm³/mol. The number of hydrogen-bond donors (Lipinski definition) is 1. The van der Waals surface area contributed by atoms with E-state index in [9.17, 15) is 22.8 Å². The van der Waals surface area contributed by atoms with Crippen LogP contribution in [0.4, 0.5) is 13.2 Å². The quantitative estimate of drug-likeness (QED) is 0.881. The molecule has 2 aliphatic rings. The van der Waals surface area contributed by atoms with Crippen LogP contribution in [0.1, 0.15) is 24.8 Å². The number of carbonyl (C=O) groups is 2. The molecule has 6 nitrogen and oxygen atoms in total. The van der Waals surface area contributed by atoms with Crippen LogP contribution in [0.3, 0.4) is 0 Å². The normalized spacial score (nSPS) is 22.7. The minimum Gasteiger partial charge on any atom is -0.382 e. The highest BCUT2D eigenvalue weighted by Gasteiger charge is 2.41. The van der Waals surface area contributed by atoms with Crippen LogP contribution >= 0.6 is 0 Å². The Morgan fingerprint density at radius 3 is 2.69 bits per heavy atom. The number of rotatable bonds is 4. The van der Waals surface area contributed by atoms with Gasteiger partial charge in [-0.05, 0) is 18.4 Å². The van der Waals surface area contributed by atoms with Crippen molar-refractivity contribution < 1.29 is 27.6 Å². The van der Waals surface area contributed by atoms with Crippen molar-refractivity contribution in [3.8, 4) is 0 Å². The summed E-state index contributed by atoms with van der Waals surface area (Å²) in [5.41, 5.74) is 1.46. The summed E-state index contributed by atoms with van der Waals surface area (Å²) in [5, 5.41) is 5.79. The molecule has 0 radical (unpaired) electrons. The Bertz CT molecular complexity index is 706. The zero-order valence-electron chi connectivity index (χ0n) is 13.8. The molecule has 1 aromatic carbocycles. The Balaban J connectivity index is 1.60. The second-order valence-corrected chi connectivity index (χ2v) is 6.22. The molecule has 2 heterocycles. The lowest BCUT2D eigenvalue weighted by Gasteiger charge is -2.25. The van der Waals surface area contributed by atoms with E-state index in [1.165, 1.54) is 4.90 Å². The average Bonchev–Trinajstić information content (AvgIpc) is 3.28. The molecule has 0 aromatic heterocycles. The average molecular weight is 369 g/mol. The summed E-state index contributed by atoms with van der Waals surface area (Å²) >= 11 is 0. The van der Waals surface area contributed by atoms with Crippen molar-refractivity contribution in [2.75, 3.05) is 13.1 Å². The Kier molecular flexibility index (Phi) is 5.15. The van der Waals surface area contributed by atoms with Crippen molar-refractivity contribution in [3.63, 3.8) is 0 Å². The van der Waals surface area contributed by atoms with Crippen LogP contribution in [-0.2, 0) is 14.4 Å². The van der Waals surface area contributed by atoms with E-state index in [1.54, 1.807) is 0 Å². The first-order valence-corrected chi connectivity index (χ1v) is 8.28. The maximum atomic E-state index is 12.7. The zero-order chi connectivity index (χ0) is 18.7. The van der Waals surface area contributed by atoms with Gasteiger partial charge in [0, 0.05) is 13.0 Å². The summed E-state index contributed by atoms with van der Waals surface area (Å²) in [7, 11) is 0. The molecule has 3 rings (SSSR count). The molecule has 1 saturated heterocycles. The van der Waals surface area contributed by atoms with Crippen LogP contribution in [0.2, 0.25) is 0 Å². The molecule has 0 bridgehead atoms. The highest BCUT2D eigenvalue weighted by molar-refractivity contribution is 6.04. The molecule has 1 fully saturated rings. The molecule has 0 aliphatic carbocycles. The highest BCUT2D eigenvalue weighted by atomic mass is 19.4. The number of alkyl halides is 3. The Labute approximate surface area is 148 Å². The first-order valence-electron chi connectivity index (χ1n) is 8.28. The molecular weight excluding hydrogens is 351 g/mol. The van der Waals surface area contributed by atoms with E-state index < -0.39 is 36.7 Å². The molecule has 2 aliphatic heterocycles. The van der Waals surface area contributed by atoms with E-state index in [2.05, 4.69) is 5.16 Å². The number of nitrogens with zero attached hydrogens (tertiary/aromatic N) is 2. The number of halogens is 3. The fourth-order valence-corrected chi connectivity index (χ4v) is 3.10. The Morgan fingerprint density at radius 1 is 1.27 bits per heavy atom. The molecule has 140 valence electrons. The van der Waals surface area contributed by atoms with E-state index in [4.69, 9.17) is 4.84 Å². The summed E-state index contributed by atoms with van der Waals surface area (Å²) in [6.07, 6.45) is -4.21. The lowest BCUT2D eigenvalue weighted by atomic mass is 10.0. The van der Waals surface area contributed by atoms with Crippen molar-refractivity contribution in [1.29, 1.82) is 0 Å². The highest BCUT2D eigenvalue weighted by Crippen LogP contribution is 2.24. The molecule has 0 saturated carbocycles. The SMILES string of the molecule is O=C(NCC(F)(F)F)C1CCCN1C(=O)C1CC(c2ccccc2)=NO1. The molecule has 2 amide bonds. The summed E-state index contributed by atoms with van der Waals surface area (Å²) in [4.78, 5) is 31.2. The summed E-state index contributed by atoms with van der Waals surface area (Å²) < 4.78 is 36.8. The van der Waals surface area contributed by atoms with E-state index in [0.717, 1.165) is 5.56 Å². The fraction of sp³-hybridized carbons (Fsp3) is 0.471. The molecular formula is C17H18F3N3O3. The van der Waals surface area contributed by atoms with Crippen molar-refractivity contribution in [1.82, 2.24) is 10.2 Å². The van der Waals surface area contributed by atoms with Crippen LogP contribution in [0.15, 0.2) is 35.5 Å².